The number of pyridine rings is 1. The molecule has 0 aliphatic heterocycles. The molecule has 0 aromatic carbocycles. The molecule has 7 heteroatoms. The number of nitrogens with one attached hydrogen (secondary N) is 2. The van der Waals surface area contributed by atoms with E-state index >= 15 is 0 Å². The van der Waals surface area contributed by atoms with E-state index in [4.69, 9.17) is 4.74 Å². The molecule has 1 aromatic heterocycles. The van der Waals surface area contributed by atoms with Crippen LogP contribution in [0, 0.1) is 11.8 Å². The van der Waals surface area contributed by atoms with Crippen molar-refractivity contribution < 1.29 is 14.3 Å². The number of alkyl carbamates (subject to hydrolysis) is 1. The Balaban J connectivity index is 2.12. The minimum absolute atomic E-state index is 0.0197. The molecular weight excluding hydrogens is 410 g/mol. The SMILES string of the molecule is CC1CCC(C(OC(=O)NC(C)(C)C)C(=O)Nc2cc(CBr)ccn2)CC1. The molecule has 6 nitrogen and oxygen atoms in total. The van der Waals surface area contributed by atoms with Gasteiger partial charge >= 0.3 is 6.09 Å². The summed E-state index contributed by atoms with van der Waals surface area (Å²) in [6, 6.07) is 3.68. The lowest BCUT2D eigenvalue weighted by Gasteiger charge is -2.32. The van der Waals surface area contributed by atoms with Crippen LogP contribution in [-0.2, 0) is 14.9 Å². The van der Waals surface area contributed by atoms with Crippen LogP contribution in [0.5, 0.6) is 0 Å². The zero-order chi connectivity index (χ0) is 20.0. The Morgan fingerprint density at radius 3 is 2.56 bits per heavy atom. The molecule has 1 aliphatic carbocycles. The van der Waals surface area contributed by atoms with Gasteiger partial charge in [-0.05, 0) is 57.2 Å². The Morgan fingerprint density at radius 1 is 1.30 bits per heavy atom. The third-order valence-electron chi connectivity index (χ3n) is 4.69. The van der Waals surface area contributed by atoms with Crippen molar-refractivity contribution in [2.45, 2.75) is 70.4 Å². The number of amides is 2. The van der Waals surface area contributed by atoms with Gasteiger partial charge in [-0.15, -0.1) is 0 Å². The summed E-state index contributed by atoms with van der Waals surface area (Å²) < 4.78 is 5.59. The van der Waals surface area contributed by atoms with Gasteiger partial charge in [0, 0.05) is 23.0 Å². The Bertz CT molecular complexity index is 652. The van der Waals surface area contributed by atoms with Gasteiger partial charge < -0.3 is 15.4 Å². The van der Waals surface area contributed by atoms with Gasteiger partial charge in [0.15, 0.2) is 6.10 Å². The maximum absolute atomic E-state index is 12.9. The molecular formula is C20H30BrN3O3. The number of carbonyl (C=O) groups excluding carboxylic acids is 2. The van der Waals surface area contributed by atoms with Crippen molar-refractivity contribution in [3.63, 3.8) is 0 Å². The fourth-order valence-electron chi connectivity index (χ4n) is 3.23. The van der Waals surface area contributed by atoms with Gasteiger partial charge in [-0.2, -0.15) is 0 Å². The summed E-state index contributed by atoms with van der Waals surface area (Å²) in [6.07, 6.45) is 4.08. The van der Waals surface area contributed by atoms with E-state index in [9.17, 15) is 9.59 Å². The van der Waals surface area contributed by atoms with Crippen LogP contribution in [-0.4, -0.2) is 28.6 Å². The van der Waals surface area contributed by atoms with Gasteiger partial charge in [-0.3, -0.25) is 4.79 Å². The Labute approximate surface area is 170 Å². The highest BCUT2D eigenvalue weighted by molar-refractivity contribution is 9.08. The number of rotatable bonds is 5. The average molecular weight is 440 g/mol. The van der Waals surface area contributed by atoms with E-state index in [-0.39, 0.29) is 11.8 Å². The predicted molar refractivity (Wildman–Crippen MR) is 110 cm³/mol. The maximum Gasteiger partial charge on any atom is 0.408 e. The summed E-state index contributed by atoms with van der Waals surface area (Å²) in [5.74, 6) is 0.806. The van der Waals surface area contributed by atoms with Crippen molar-refractivity contribution >= 4 is 33.7 Å². The molecule has 2 N–H and O–H groups in total. The molecule has 0 saturated heterocycles. The van der Waals surface area contributed by atoms with Gasteiger partial charge in [0.25, 0.3) is 5.91 Å². The largest absolute Gasteiger partial charge is 0.436 e. The monoisotopic (exact) mass is 439 g/mol. The molecule has 1 heterocycles. The second-order valence-corrected chi connectivity index (χ2v) is 8.95. The summed E-state index contributed by atoms with van der Waals surface area (Å²) >= 11 is 3.40. The first-order valence-corrected chi connectivity index (χ1v) is 10.6. The Hall–Kier alpha value is -1.63. The standard InChI is InChI=1S/C20H30BrN3O3/c1-13-5-7-15(8-6-13)17(27-19(26)24-20(2,3)4)18(25)23-16-11-14(12-21)9-10-22-16/h9-11,13,15,17H,5-8,12H2,1-4H3,(H,24,26)(H,22,23,25). The molecule has 1 fully saturated rings. The zero-order valence-electron chi connectivity index (χ0n) is 16.5. The number of halogens is 1. The molecule has 1 aliphatic rings. The van der Waals surface area contributed by atoms with E-state index < -0.39 is 17.7 Å². The molecule has 1 aromatic rings. The van der Waals surface area contributed by atoms with Crippen molar-refractivity contribution in [2.75, 3.05) is 5.32 Å². The molecule has 150 valence electrons. The van der Waals surface area contributed by atoms with Crippen molar-refractivity contribution in [1.29, 1.82) is 0 Å². The number of hydrogen-bond donors (Lipinski definition) is 2. The number of carbonyl (C=O) groups is 2. The molecule has 0 spiro atoms. The van der Waals surface area contributed by atoms with Gasteiger partial charge in [0.05, 0.1) is 0 Å². The van der Waals surface area contributed by atoms with Crippen LogP contribution in [0.25, 0.3) is 0 Å². The van der Waals surface area contributed by atoms with Crippen LogP contribution in [0.4, 0.5) is 10.6 Å². The van der Waals surface area contributed by atoms with Crippen LogP contribution in [0.2, 0.25) is 0 Å². The highest BCUT2D eigenvalue weighted by Crippen LogP contribution is 2.32. The fraction of sp³-hybridized carbons (Fsp3) is 0.650. The minimum Gasteiger partial charge on any atom is -0.436 e. The van der Waals surface area contributed by atoms with E-state index in [2.05, 4.69) is 38.5 Å². The Morgan fingerprint density at radius 2 is 1.96 bits per heavy atom. The second-order valence-electron chi connectivity index (χ2n) is 8.39. The molecule has 2 amide bonds. The van der Waals surface area contributed by atoms with Crippen LogP contribution < -0.4 is 10.6 Å². The minimum atomic E-state index is -0.825. The summed E-state index contributed by atoms with van der Waals surface area (Å²) in [7, 11) is 0. The normalized spacial score (nSPS) is 21.2. The number of anilines is 1. The zero-order valence-corrected chi connectivity index (χ0v) is 18.1. The topological polar surface area (TPSA) is 80.3 Å². The summed E-state index contributed by atoms with van der Waals surface area (Å²) in [5.41, 5.74) is 0.583. The van der Waals surface area contributed by atoms with Gasteiger partial charge in [-0.1, -0.05) is 35.7 Å². The van der Waals surface area contributed by atoms with Gasteiger partial charge in [0.1, 0.15) is 5.82 Å². The molecule has 0 bridgehead atoms. The van der Waals surface area contributed by atoms with Crippen molar-refractivity contribution in [3.05, 3.63) is 23.9 Å². The van der Waals surface area contributed by atoms with E-state index in [0.29, 0.717) is 17.1 Å². The first-order chi connectivity index (χ1) is 12.7. The lowest BCUT2D eigenvalue weighted by Crippen LogP contribution is -2.47. The highest BCUT2D eigenvalue weighted by atomic mass is 79.9. The lowest BCUT2D eigenvalue weighted by molar-refractivity contribution is -0.128. The van der Waals surface area contributed by atoms with E-state index in [1.165, 1.54) is 0 Å². The molecule has 1 unspecified atom stereocenters. The molecule has 1 saturated carbocycles. The quantitative estimate of drug-likeness (QED) is 0.654. The first kappa shape index (κ1) is 21.7. The fourth-order valence-corrected chi connectivity index (χ4v) is 3.58. The highest BCUT2D eigenvalue weighted by Gasteiger charge is 2.35. The van der Waals surface area contributed by atoms with Crippen molar-refractivity contribution in [1.82, 2.24) is 10.3 Å². The van der Waals surface area contributed by atoms with E-state index in [0.717, 1.165) is 31.2 Å². The molecule has 0 radical (unpaired) electrons. The first-order valence-electron chi connectivity index (χ1n) is 9.48. The predicted octanol–water partition coefficient (Wildman–Crippen LogP) is 4.63. The maximum atomic E-state index is 12.9. The summed E-state index contributed by atoms with van der Waals surface area (Å²) in [6.45, 7) is 7.85. The number of hydrogen-bond acceptors (Lipinski definition) is 4. The smallest absolute Gasteiger partial charge is 0.408 e. The summed E-state index contributed by atoms with van der Waals surface area (Å²) in [5, 5.41) is 6.26. The third kappa shape index (κ3) is 7.13. The average Bonchev–Trinajstić information content (AvgIpc) is 2.59. The lowest BCUT2D eigenvalue weighted by atomic mass is 9.80. The van der Waals surface area contributed by atoms with Crippen LogP contribution in [0.1, 0.15) is 58.9 Å². The van der Waals surface area contributed by atoms with Crippen LogP contribution in [0.15, 0.2) is 18.3 Å². The van der Waals surface area contributed by atoms with Gasteiger partial charge in [-0.25, -0.2) is 9.78 Å². The summed E-state index contributed by atoms with van der Waals surface area (Å²) in [4.78, 5) is 29.4. The van der Waals surface area contributed by atoms with Crippen molar-refractivity contribution in [2.24, 2.45) is 11.8 Å². The molecule has 1 atom stereocenters. The number of ether oxygens (including phenoxy) is 1. The van der Waals surface area contributed by atoms with Gasteiger partial charge in [0.2, 0.25) is 0 Å². The third-order valence-corrected chi connectivity index (χ3v) is 5.34. The number of nitrogens with zero attached hydrogens (tertiary/aromatic N) is 1. The molecule has 2 rings (SSSR count). The molecule has 27 heavy (non-hydrogen) atoms. The Kier molecular flexibility index (Phi) is 7.65. The van der Waals surface area contributed by atoms with E-state index in [1.807, 2.05) is 32.9 Å². The van der Waals surface area contributed by atoms with Crippen molar-refractivity contribution in [3.8, 4) is 0 Å². The van der Waals surface area contributed by atoms with E-state index in [1.54, 1.807) is 6.20 Å². The van der Waals surface area contributed by atoms with Crippen LogP contribution >= 0.6 is 15.9 Å². The number of aromatic nitrogens is 1. The second kappa shape index (κ2) is 9.53. The van der Waals surface area contributed by atoms with Crippen LogP contribution in [0.3, 0.4) is 0 Å². The number of alkyl halides is 1.